The van der Waals surface area contributed by atoms with Gasteiger partial charge >= 0.3 is 6.18 Å². The van der Waals surface area contributed by atoms with Crippen molar-refractivity contribution in [3.63, 3.8) is 0 Å². The van der Waals surface area contributed by atoms with Crippen LogP contribution in [0.25, 0.3) is 0 Å². The number of alkyl halides is 3. The van der Waals surface area contributed by atoms with Crippen LogP contribution < -0.4 is 10.0 Å². The molecule has 1 saturated heterocycles. The fourth-order valence-corrected chi connectivity index (χ4v) is 3.34. The van der Waals surface area contributed by atoms with Crippen molar-refractivity contribution in [2.24, 2.45) is 0 Å². The average molecular weight is 317 g/mol. The molecule has 20 heavy (non-hydrogen) atoms. The summed E-state index contributed by atoms with van der Waals surface area (Å²) in [5, 5.41) is 3.15. The molecule has 0 aromatic rings. The van der Waals surface area contributed by atoms with Gasteiger partial charge in [0.2, 0.25) is 0 Å². The molecule has 1 fully saturated rings. The average Bonchev–Trinajstić information content (AvgIpc) is 2.84. The second kappa shape index (κ2) is 7.58. The normalized spacial score (nSPS) is 20.8. The Morgan fingerprint density at radius 2 is 2.10 bits per heavy atom. The van der Waals surface area contributed by atoms with Crippen LogP contribution in [0.3, 0.4) is 0 Å². The van der Waals surface area contributed by atoms with Gasteiger partial charge in [0.05, 0.1) is 0 Å². The third kappa shape index (κ3) is 6.38. The molecule has 1 atom stereocenters. The summed E-state index contributed by atoms with van der Waals surface area (Å²) in [7, 11) is -4.09. The van der Waals surface area contributed by atoms with E-state index in [0.29, 0.717) is 6.42 Å². The monoisotopic (exact) mass is 317 g/mol. The molecule has 1 unspecified atom stereocenters. The van der Waals surface area contributed by atoms with E-state index in [1.54, 1.807) is 4.72 Å². The maximum Gasteiger partial charge on any atom is 0.402 e. The molecule has 0 spiro atoms. The molecule has 0 aromatic carbocycles. The van der Waals surface area contributed by atoms with E-state index < -0.39 is 22.9 Å². The summed E-state index contributed by atoms with van der Waals surface area (Å²) in [5.41, 5.74) is 0. The first-order chi connectivity index (χ1) is 9.24. The standard InChI is InChI=1S/C11H22F3N3O2S/c1-2-3-7-17(8-10-5-4-6-15-10)20(18,19)16-9-11(12,13)14/h10,15-16H,2-9H2,1H3. The van der Waals surface area contributed by atoms with Crippen LogP contribution in [0.1, 0.15) is 32.6 Å². The van der Waals surface area contributed by atoms with Crippen molar-refractivity contribution in [1.29, 1.82) is 0 Å². The minimum Gasteiger partial charge on any atom is -0.313 e. The second-order valence-electron chi connectivity index (χ2n) is 4.95. The lowest BCUT2D eigenvalue weighted by molar-refractivity contribution is -0.121. The van der Waals surface area contributed by atoms with Crippen molar-refractivity contribution in [3.05, 3.63) is 0 Å². The minimum atomic E-state index is -4.55. The molecule has 0 amide bonds. The fraction of sp³-hybridized carbons (Fsp3) is 1.00. The van der Waals surface area contributed by atoms with Crippen molar-refractivity contribution in [2.45, 2.75) is 44.8 Å². The van der Waals surface area contributed by atoms with E-state index in [9.17, 15) is 21.6 Å². The zero-order chi connectivity index (χ0) is 15.2. The first kappa shape index (κ1) is 17.7. The first-order valence-corrected chi connectivity index (χ1v) is 8.23. The van der Waals surface area contributed by atoms with E-state index >= 15 is 0 Å². The third-order valence-corrected chi connectivity index (χ3v) is 4.66. The molecule has 1 heterocycles. The Balaban J connectivity index is 2.63. The number of rotatable bonds is 8. The molecule has 1 rings (SSSR count). The maximum atomic E-state index is 12.1. The summed E-state index contributed by atoms with van der Waals surface area (Å²) in [6.07, 6.45) is -1.34. The van der Waals surface area contributed by atoms with Crippen LogP contribution in [0.2, 0.25) is 0 Å². The fourth-order valence-electron chi connectivity index (χ4n) is 2.07. The number of hydrogen-bond donors (Lipinski definition) is 2. The van der Waals surface area contributed by atoms with Gasteiger partial charge in [0.1, 0.15) is 6.54 Å². The molecular weight excluding hydrogens is 295 g/mol. The van der Waals surface area contributed by atoms with Gasteiger partial charge in [-0.25, -0.2) is 0 Å². The SMILES string of the molecule is CCCCN(CC1CCCN1)S(=O)(=O)NCC(F)(F)F. The molecule has 1 aliphatic heterocycles. The van der Waals surface area contributed by atoms with Crippen molar-refractivity contribution >= 4 is 10.2 Å². The molecule has 9 heteroatoms. The van der Waals surface area contributed by atoms with Crippen molar-refractivity contribution < 1.29 is 21.6 Å². The highest BCUT2D eigenvalue weighted by Gasteiger charge is 2.32. The Morgan fingerprint density at radius 3 is 2.60 bits per heavy atom. The molecule has 0 saturated carbocycles. The maximum absolute atomic E-state index is 12.1. The van der Waals surface area contributed by atoms with E-state index in [0.717, 1.165) is 30.1 Å². The predicted molar refractivity (Wildman–Crippen MR) is 70.5 cm³/mol. The van der Waals surface area contributed by atoms with Gasteiger partial charge in [-0.3, -0.25) is 0 Å². The highest BCUT2D eigenvalue weighted by atomic mass is 32.2. The summed E-state index contributed by atoms with van der Waals surface area (Å²) in [5.74, 6) is 0. The molecule has 0 bridgehead atoms. The molecule has 120 valence electrons. The highest BCUT2D eigenvalue weighted by Crippen LogP contribution is 2.15. The van der Waals surface area contributed by atoms with Crippen LogP contribution in [0.15, 0.2) is 0 Å². The van der Waals surface area contributed by atoms with Crippen LogP contribution in [0, 0.1) is 0 Å². The van der Waals surface area contributed by atoms with E-state index in [1.165, 1.54) is 0 Å². The number of halogens is 3. The van der Waals surface area contributed by atoms with E-state index in [2.05, 4.69) is 5.32 Å². The zero-order valence-corrected chi connectivity index (χ0v) is 12.4. The summed E-state index contributed by atoms with van der Waals surface area (Å²) in [4.78, 5) is 0. The van der Waals surface area contributed by atoms with Crippen molar-refractivity contribution in [3.8, 4) is 0 Å². The molecule has 5 nitrogen and oxygen atoms in total. The van der Waals surface area contributed by atoms with Crippen LogP contribution in [0.5, 0.6) is 0 Å². The molecule has 2 N–H and O–H groups in total. The van der Waals surface area contributed by atoms with Crippen LogP contribution >= 0.6 is 0 Å². The van der Waals surface area contributed by atoms with Gasteiger partial charge in [0.25, 0.3) is 10.2 Å². The molecule has 1 aliphatic rings. The quantitative estimate of drug-likeness (QED) is 0.708. The predicted octanol–water partition coefficient (Wildman–Crippen LogP) is 1.24. The number of hydrogen-bond acceptors (Lipinski definition) is 3. The van der Waals surface area contributed by atoms with E-state index in [4.69, 9.17) is 0 Å². The molecule has 0 aromatic heterocycles. The summed E-state index contributed by atoms with van der Waals surface area (Å²) >= 11 is 0. The van der Waals surface area contributed by atoms with Gasteiger partial charge in [0, 0.05) is 19.1 Å². The van der Waals surface area contributed by atoms with Gasteiger partial charge in [-0.1, -0.05) is 13.3 Å². The Kier molecular flexibility index (Phi) is 6.70. The molecule has 0 radical (unpaired) electrons. The third-order valence-electron chi connectivity index (χ3n) is 3.14. The Bertz CT molecular complexity index is 381. The largest absolute Gasteiger partial charge is 0.402 e. The highest BCUT2D eigenvalue weighted by molar-refractivity contribution is 7.87. The smallest absolute Gasteiger partial charge is 0.313 e. The topological polar surface area (TPSA) is 61.4 Å². The second-order valence-corrected chi connectivity index (χ2v) is 6.70. The van der Waals surface area contributed by atoms with E-state index in [1.807, 2.05) is 6.92 Å². The van der Waals surface area contributed by atoms with Crippen LogP contribution in [-0.2, 0) is 10.2 Å². The van der Waals surface area contributed by atoms with Gasteiger partial charge in [-0.15, -0.1) is 0 Å². The summed E-state index contributed by atoms with van der Waals surface area (Å²) in [6, 6.07) is 0.0225. The van der Waals surface area contributed by atoms with Crippen molar-refractivity contribution in [1.82, 2.24) is 14.3 Å². The van der Waals surface area contributed by atoms with Crippen LogP contribution in [-0.4, -0.2) is 51.1 Å². The lowest BCUT2D eigenvalue weighted by Crippen LogP contribution is -2.48. The van der Waals surface area contributed by atoms with Crippen molar-refractivity contribution in [2.75, 3.05) is 26.2 Å². The number of nitrogens with zero attached hydrogens (tertiary/aromatic N) is 1. The molecule has 0 aliphatic carbocycles. The zero-order valence-electron chi connectivity index (χ0n) is 11.5. The van der Waals surface area contributed by atoms with E-state index in [-0.39, 0.29) is 19.1 Å². The Hall–Kier alpha value is -0.380. The van der Waals surface area contributed by atoms with Gasteiger partial charge in [-0.2, -0.15) is 30.6 Å². The summed E-state index contributed by atoms with van der Waals surface area (Å²) < 4.78 is 63.1. The van der Waals surface area contributed by atoms with Gasteiger partial charge < -0.3 is 5.32 Å². The number of nitrogens with one attached hydrogen (secondary N) is 2. The lowest BCUT2D eigenvalue weighted by atomic mass is 10.2. The first-order valence-electron chi connectivity index (χ1n) is 6.79. The van der Waals surface area contributed by atoms with Crippen LogP contribution in [0.4, 0.5) is 13.2 Å². The molecular formula is C11H22F3N3O2S. The minimum absolute atomic E-state index is 0.0225. The van der Waals surface area contributed by atoms with Gasteiger partial charge in [0.15, 0.2) is 0 Å². The Labute approximate surface area is 118 Å². The van der Waals surface area contributed by atoms with Gasteiger partial charge in [-0.05, 0) is 25.8 Å². The summed E-state index contributed by atoms with van der Waals surface area (Å²) in [6.45, 7) is 1.65. The Morgan fingerprint density at radius 1 is 1.40 bits per heavy atom. The number of unbranched alkanes of at least 4 members (excludes halogenated alkanes) is 1. The lowest BCUT2D eigenvalue weighted by Gasteiger charge is -2.25.